The third-order valence-electron chi connectivity index (χ3n) is 6.21. The largest absolute Gasteiger partial charge is 0.462 e. The first-order valence-electron chi connectivity index (χ1n) is 13.0. The number of thiophene rings is 1. The third-order valence-corrected chi connectivity index (χ3v) is 8.27. The molecule has 45 heavy (non-hydrogen) atoms. The molecular weight excluding hydrogens is 631 g/mol. The van der Waals surface area contributed by atoms with Gasteiger partial charge in [-0.3, -0.25) is 14.9 Å². The molecule has 0 saturated carbocycles. The average Bonchev–Trinajstić information content (AvgIpc) is 3.28. The molecule has 0 saturated heterocycles. The molecule has 0 fully saturated rings. The molecule has 15 heteroatoms. The number of carbonyl (C=O) groups excluding carboxylic acids is 2. The fraction of sp³-hybridized carbons (Fsp3) is 0.167. The van der Waals surface area contributed by atoms with Crippen LogP contribution in [0.25, 0.3) is 17.3 Å². The van der Waals surface area contributed by atoms with E-state index in [1.807, 2.05) is 0 Å². The van der Waals surface area contributed by atoms with E-state index >= 15 is 0 Å². The number of nitro groups is 1. The molecule has 2 aromatic carbocycles. The van der Waals surface area contributed by atoms with Crippen molar-refractivity contribution < 1.29 is 32.4 Å². The van der Waals surface area contributed by atoms with E-state index in [0.717, 1.165) is 34.4 Å². The Morgan fingerprint density at radius 2 is 1.87 bits per heavy atom. The Balaban J connectivity index is 1.66. The number of alkyl halides is 3. The number of halogens is 3. The van der Waals surface area contributed by atoms with E-state index in [1.165, 1.54) is 12.1 Å². The quantitative estimate of drug-likeness (QED) is 0.0481. The highest BCUT2D eigenvalue weighted by Gasteiger charge is 2.34. The summed E-state index contributed by atoms with van der Waals surface area (Å²) in [7, 11) is 0. The molecule has 10 nitrogen and oxygen atoms in total. The second-order valence-corrected chi connectivity index (χ2v) is 11.4. The van der Waals surface area contributed by atoms with Crippen LogP contribution >= 0.6 is 23.1 Å². The number of rotatable bonds is 9. The number of hydrogen-bond donors (Lipinski definition) is 1. The summed E-state index contributed by atoms with van der Waals surface area (Å²) in [4.78, 5) is 45.1. The van der Waals surface area contributed by atoms with Gasteiger partial charge in [0, 0.05) is 16.5 Å². The number of nitrogens with one attached hydrogen (secondary N) is 1. The lowest BCUT2D eigenvalue weighted by molar-refractivity contribution is -0.387. The van der Waals surface area contributed by atoms with Gasteiger partial charge in [-0.1, -0.05) is 36.4 Å². The zero-order chi connectivity index (χ0) is 32.9. The van der Waals surface area contributed by atoms with Crippen molar-refractivity contribution in [3.8, 4) is 17.3 Å². The third kappa shape index (κ3) is 7.72. The minimum Gasteiger partial charge on any atom is -0.462 e. The summed E-state index contributed by atoms with van der Waals surface area (Å²) < 4.78 is 46.0. The number of nitriles is 1. The topological polar surface area (TPSA) is 148 Å². The summed E-state index contributed by atoms with van der Waals surface area (Å²) in [6.45, 7) is 5.20. The maximum Gasteiger partial charge on any atom is 0.433 e. The number of nitro benzene ring substituents is 1. The van der Waals surface area contributed by atoms with Crippen LogP contribution < -0.4 is 5.32 Å². The van der Waals surface area contributed by atoms with Crippen molar-refractivity contribution in [3.05, 3.63) is 97.5 Å². The van der Waals surface area contributed by atoms with Crippen LogP contribution in [0.1, 0.15) is 39.0 Å². The van der Waals surface area contributed by atoms with Crippen LogP contribution in [0, 0.1) is 35.3 Å². The fourth-order valence-corrected chi connectivity index (χ4v) is 5.88. The minimum atomic E-state index is -4.80. The Morgan fingerprint density at radius 1 is 1.16 bits per heavy atom. The van der Waals surface area contributed by atoms with Crippen LogP contribution in [-0.4, -0.2) is 33.4 Å². The maximum atomic E-state index is 13.6. The van der Waals surface area contributed by atoms with Gasteiger partial charge in [0.05, 0.1) is 27.7 Å². The first kappa shape index (κ1) is 32.8. The highest BCUT2D eigenvalue weighted by Crippen LogP contribution is 2.38. The summed E-state index contributed by atoms with van der Waals surface area (Å²) in [5, 5.41) is 24.0. The summed E-state index contributed by atoms with van der Waals surface area (Å²) >= 11 is 1.69. The van der Waals surface area contributed by atoms with Gasteiger partial charge in [0.25, 0.3) is 11.6 Å². The number of anilines is 1. The molecule has 1 N–H and O–H groups in total. The molecule has 2 heterocycles. The SMILES string of the molecule is CCOC(=O)c1c(NC(=O)/C(C#N)=C\c2ccc(Sc3nc(-c4ccccc4)cc(C(F)(F)F)n3)c([N+](=O)[O-])c2)sc(C)c1C. The van der Waals surface area contributed by atoms with Crippen LogP contribution in [0.4, 0.5) is 23.9 Å². The molecule has 0 aliphatic carbocycles. The summed E-state index contributed by atoms with van der Waals surface area (Å²) in [6, 6.07) is 14.3. The maximum absolute atomic E-state index is 13.6. The van der Waals surface area contributed by atoms with Crippen molar-refractivity contribution >= 4 is 51.7 Å². The van der Waals surface area contributed by atoms with E-state index in [0.29, 0.717) is 22.9 Å². The zero-order valence-corrected chi connectivity index (χ0v) is 25.4. The second kappa shape index (κ2) is 13.7. The van der Waals surface area contributed by atoms with E-state index in [4.69, 9.17) is 4.74 Å². The van der Waals surface area contributed by atoms with Crippen molar-refractivity contribution in [1.29, 1.82) is 5.26 Å². The van der Waals surface area contributed by atoms with E-state index in [-0.39, 0.29) is 38.5 Å². The van der Waals surface area contributed by atoms with Gasteiger partial charge in [0.2, 0.25) is 0 Å². The number of benzene rings is 2. The van der Waals surface area contributed by atoms with E-state index in [2.05, 4.69) is 15.3 Å². The Labute approximate surface area is 262 Å². The predicted molar refractivity (Wildman–Crippen MR) is 162 cm³/mol. The minimum absolute atomic E-state index is 0.0189. The molecule has 0 unspecified atom stereocenters. The normalized spacial score (nSPS) is 11.5. The van der Waals surface area contributed by atoms with Gasteiger partial charge in [-0.25, -0.2) is 14.8 Å². The van der Waals surface area contributed by atoms with Crippen molar-refractivity contribution in [2.45, 2.75) is 37.0 Å². The Bertz CT molecular complexity index is 1870. The van der Waals surface area contributed by atoms with Crippen molar-refractivity contribution in [3.63, 3.8) is 0 Å². The Kier molecular flexibility index (Phi) is 10.00. The Hall–Kier alpha value is -5.07. The molecule has 0 spiro atoms. The lowest BCUT2D eigenvalue weighted by Crippen LogP contribution is -2.16. The number of esters is 1. The molecule has 4 aromatic rings. The van der Waals surface area contributed by atoms with Crippen molar-refractivity contribution in [1.82, 2.24) is 9.97 Å². The molecule has 1 amide bonds. The lowest BCUT2D eigenvalue weighted by atomic mass is 10.1. The summed E-state index contributed by atoms with van der Waals surface area (Å²) in [6.07, 6.45) is -3.68. The lowest BCUT2D eigenvalue weighted by Gasteiger charge is -2.11. The number of ether oxygens (including phenoxy) is 1. The number of carbonyl (C=O) groups is 2. The van der Waals surface area contributed by atoms with E-state index in [1.54, 1.807) is 57.2 Å². The number of amides is 1. The second-order valence-electron chi connectivity index (χ2n) is 9.20. The predicted octanol–water partition coefficient (Wildman–Crippen LogP) is 7.62. The van der Waals surface area contributed by atoms with Crippen LogP contribution in [0.15, 0.2) is 70.2 Å². The van der Waals surface area contributed by atoms with Gasteiger partial charge in [-0.2, -0.15) is 18.4 Å². The molecule has 0 bridgehead atoms. The van der Waals surface area contributed by atoms with E-state index < -0.39 is 39.9 Å². The van der Waals surface area contributed by atoms with Gasteiger partial charge in [-0.15, -0.1) is 11.3 Å². The Morgan fingerprint density at radius 3 is 2.49 bits per heavy atom. The molecule has 0 aliphatic heterocycles. The van der Waals surface area contributed by atoms with Crippen LogP contribution in [-0.2, 0) is 15.7 Å². The molecule has 0 radical (unpaired) electrons. The summed E-state index contributed by atoms with van der Waals surface area (Å²) in [5.41, 5.74) is -0.902. The van der Waals surface area contributed by atoms with Gasteiger partial charge in [-0.05, 0) is 61.9 Å². The number of aromatic nitrogens is 2. The first-order chi connectivity index (χ1) is 21.3. The molecule has 230 valence electrons. The smallest absolute Gasteiger partial charge is 0.433 e. The monoisotopic (exact) mass is 653 g/mol. The standard InChI is InChI=1S/C30H22F3N5O5S2/c1-4-43-28(40)25-16(2)17(3)44-27(25)37-26(39)20(15-34)12-18-10-11-23(22(13-18)38(41)42)45-29-35-21(19-8-6-5-7-9-19)14-24(36-29)30(31,32)33/h5-14H,4H2,1-3H3,(H,37,39)/b20-12-. The highest BCUT2D eigenvalue weighted by molar-refractivity contribution is 7.99. The van der Waals surface area contributed by atoms with Gasteiger partial charge < -0.3 is 10.1 Å². The van der Waals surface area contributed by atoms with Crippen molar-refractivity contribution in [2.75, 3.05) is 11.9 Å². The summed E-state index contributed by atoms with van der Waals surface area (Å²) in [5.74, 6) is -1.50. The molecule has 4 rings (SSSR count). The zero-order valence-electron chi connectivity index (χ0n) is 23.8. The number of aryl methyl sites for hydroxylation is 1. The number of hydrogen-bond acceptors (Lipinski definition) is 10. The van der Waals surface area contributed by atoms with E-state index in [9.17, 15) is 38.1 Å². The van der Waals surface area contributed by atoms with Gasteiger partial charge in [0.1, 0.15) is 22.3 Å². The molecular formula is C30H22F3N5O5S2. The average molecular weight is 654 g/mol. The first-order valence-corrected chi connectivity index (χ1v) is 14.6. The van der Waals surface area contributed by atoms with Crippen LogP contribution in [0.2, 0.25) is 0 Å². The highest BCUT2D eigenvalue weighted by atomic mass is 32.2. The molecule has 2 aromatic heterocycles. The van der Waals surface area contributed by atoms with Crippen LogP contribution in [0.3, 0.4) is 0 Å². The van der Waals surface area contributed by atoms with Gasteiger partial charge >= 0.3 is 12.1 Å². The van der Waals surface area contributed by atoms with Crippen LogP contribution in [0.5, 0.6) is 0 Å². The van der Waals surface area contributed by atoms with Gasteiger partial charge in [0.15, 0.2) is 5.16 Å². The fourth-order valence-electron chi connectivity index (χ4n) is 3.97. The van der Waals surface area contributed by atoms with Crippen molar-refractivity contribution in [2.24, 2.45) is 0 Å². The molecule has 0 atom stereocenters. The molecule has 0 aliphatic rings. The number of nitrogens with zero attached hydrogens (tertiary/aromatic N) is 4.